The van der Waals surface area contributed by atoms with Gasteiger partial charge in [0, 0.05) is 24.1 Å². The van der Waals surface area contributed by atoms with Crippen molar-refractivity contribution in [2.45, 2.75) is 38.6 Å². The summed E-state index contributed by atoms with van der Waals surface area (Å²) in [6.07, 6.45) is 0. The molecule has 0 saturated carbocycles. The summed E-state index contributed by atoms with van der Waals surface area (Å²) >= 11 is 1.54. The van der Waals surface area contributed by atoms with Crippen LogP contribution in [0, 0.1) is 27.7 Å². The summed E-state index contributed by atoms with van der Waals surface area (Å²) in [7, 11) is 0. The summed E-state index contributed by atoms with van der Waals surface area (Å²) < 4.78 is 7.17. The molecule has 7 heteroatoms. The van der Waals surface area contributed by atoms with Crippen LogP contribution in [0.5, 0.6) is 0 Å². The third-order valence-electron chi connectivity index (χ3n) is 2.94. The number of oxazole rings is 1. The summed E-state index contributed by atoms with van der Waals surface area (Å²) in [4.78, 5) is 13.2. The first-order valence-corrected chi connectivity index (χ1v) is 7.28. The maximum atomic E-state index is 5.41. The molecule has 104 valence electrons. The van der Waals surface area contributed by atoms with Crippen LogP contribution < -0.4 is 0 Å². The predicted octanol–water partition coefficient (Wildman–Crippen LogP) is 2.64. The molecule has 3 rings (SSSR count). The lowest BCUT2D eigenvalue weighted by Gasteiger charge is -1.97. The van der Waals surface area contributed by atoms with Gasteiger partial charge in [-0.3, -0.25) is 0 Å². The Hall–Kier alpha value is -1.89. The number of rotatable bonds is 3. The number of aromatic nitrogens is 5. The zero-order valence-corrected chi connectivity index (χ0v) is 12.7. The Morgan fingerprint density at radius 2 is 1.95 bits per heavy atom. The molecule has 0 amide bonds. The lowest BCUT2D eigenvalue weighted by Crippen LogP contribution is -1.97. The summed E-state index contributed by atoms with van der Waals surface area (Å²) in [5.41, 5.74) is 2.91. The van der Waals surface area contributed by atoms with E-state index >= 15 is 0 Å². The minimum Gasteiger partial charge on any atom is -0.446 e. The first-order valence-electron chi connectivity index (χ1n) is 6.29. The molecule has 0 fully saturated rings. The van der Waals surface area contributed by atoms with Gasteiger partial charge in [-0.05, 0) is 26.8 Å². The summed E-state index contributed by atoms with van der Waals surface area (Å²) in [5, 5.41) is 5.15. The highest BCUT2D eigenvalue weighted by Gasteiger charge is 2.11. The molecule has 0 aliphatic rings. The van der Waals surface area contributed by atoms with Crippen LogP contribution in [0.15, 0.2) is 15.6 Å². The van der Waals surface area contributed by atoms with Gasteiger partial charge in [-0.25, -0.2) is 14.5 Å². The van der Waals surface area contributed by atoms with Gasteiger partial charge in [0.05, 0.1) is 5.69 Å². The van der Waals surface area contributed by atoms with Crippen molar-refractivity contribution in [2.75, 3.05) is 0 Å². The van der Waals surface area contributed by atoms with E-state index in [1.807, 2.05) is 33.8 Å². The van der Waals surface area contributed by atoms with Crippen LogP contribution in [-0.4, -0.2) is 24.6 Å². The van der Waals surface area contributed by atoms with Crippen LogP contribution >= 0.6 is 11.8 Å². The second-order valence-corrected chi connectivity index (χ2v) is 5.61. The van der Waals surface area contributed by atoms with E-state index in [-0.39, 0.29) is 0 Å². The average molecular weight is 289 g/mol. The topological polar surface area (TPSA) is 69.1 Å². The highest BCUT2D eigenvalue weighted by molar-refractivity contribution is 7.98. The molecule has 0 aliphatic heterocycles. The fraction of sp³-hybridized carbons (Fsp3) is 0.385. The zero-order chi connectivity index (χ0) is 14.3. The summed E-state index contributed by atoms with van der Waals surface area (Å²) in [6.45, 7) is 7.72. The maximum absolute atomic E-state index is 5.41. The van der Waals surface area contributed by atoms with Gasteiger partial charge in [0.1, 0.15) is 5.76 Å². The SMILES string of the molecule is Cc1cc(C)n2nc(SCc3nc(C)oc3C)nc2n1. The standard InChI is InChI=1S/C13H15N5OS/c1-7-5-8(2)18-12(14-7)16-13(17-18)20-6-11-9(3)19-10(4)15-11/h5H,6H2,1-4H3. The minimum atomic E-state index is 0.637. The Kier molecular flexibility index (Phi) is 3.21. The van der Waals surface area contributed by atoms with Gasteiger partial charge in [-0.15, -0.1) is 5.10 Å². The quantitative estimate of drug-likeness (QED) is 0.690. The molecule has 6 nitrogen and oxygen atoms in total. The molecule has 3 aromatic rings. The molecule has 0 unspecified atom stereocenters. The number of aryl methyl sites for hydroxylation is 4. The lowest BCUT2D eigenvalue weighted by molar-refractivity contribution is 0.493. The summed E-state index contributed by atoms with van der Waals surface area (Å²) in [5.74, 6) is 2.87. The van der Waals surface area contributed by atoms with Crippen LogP contribution in [-0.2, 0) is 5.75 Å². The van der Waals surface area contributed by atoms with E-state index in [4.69, 9.17) is 4.42 Å². The van der Waals surface area contributed by atoms with Gasteiger partial charge in [-0.2, -0.15) is 4.98 Å². The van der Waals surface area contributed by atoms with Gasteiger partial charge in [0.25, 0.3) is 5.78 Å². The van der Waals surface area contributed by atoms with Crippen LogP contribution in [0.3, 0.4) is 0 Å². The molecule has 0 N–H and O–H groups in total. The van der Waals surface area contributed by atoms with Crippen molar-refractivity contribution in [3.63, 3.8) is 0 Å². The predicted molar refractivity (Wildman–Crippen MR) is 75.8 cm³/mol. The molecule has 0 spiro atoms. The molecule has 20 heavy (non-hydrogen) atoms. The largest absolute Gasteiger partial charge is 0.446 e. The smallest absolute Gasteiger partial charge is 0.253 e. The second-order valence-electron chi connectivity index (χ2n) is 4.67. The highest BCUT2D eigenvalue weighted by atomic mass is 32.2. The molecule has 0 saturated heterocycles. The normalized spacial score (nSPS) is 11.4. The van der Waals surface area contributed by atoms with E-state index < -0.39 is 0 Å². The van der Waals surface area contributed by atoms with E-state index in [0.29, 0.717) is 22.6 Å². The molecule has 0 aliphatic carbocycles. The number of hydrogen-bond donors (Lipinski definition) is 0. The Morgan fingerprint density at radius 3 is 2.65 bits per heavy atom. The summed E-state index contributed by atoms with van der Waals surface area (Å²) in [6, 6.07) is 1.99. The monoisotopic (exact) mass is 289 g/mol. The minimum absolute atomic E-state index is 0.637. The van der Waals surface area contributed by atoms with E-state index in [2.05, 4.69) is 20.1 Å². The van der Waals surface area contributed by atoms with Crippen molar-refractivity contribution in [2.24, 2.45) is 0 Å². The average Bonchev–Trinajstić information content (AvgIpc) is 2.90. The van der Waals surface area contributed by atoms with Gasteiger partial charge in [-0.1, -0.05) is 11.8 Å². The van der Waals surface area contributed by atoms with Gasteiger partial charge in [0.2, 0.25) is 5.16 Å². The zero-order valence-electron chi connectivity index (χ0n) is 11.8. The molecule has 0 atom stereocenters. The number of nitrogens with zero attached hydrogens (tertiary/aromatic N) is 5. The van der Waals surface area contributed by atoms with Crippen molar-refractivity contribution in [1.29, 1.82) is 0 Å². The number of hydrogen-bond acceptors (Lipinski definition) is 6. The van der Waals surface area contributed by atoms with Gasteiger partial charge < -0.3 is 4.42 Å². The third kappa shape index (κ3) is 2.40. The van der Waals surface area contributed by atoms with E-state index in [1.165, 1.54) is 11.8 Å². The molecule has 0 bridgehead atoms. The maximum Gasteiger partial charge on any atom is 0.253 e. The Labute approximate surface area is 120 Å². The first-order chi connectivity index (χ1) is 9.52. The molecule has 3 aromatic heterocycles. The molecule has 0 radical (unpaired) electrons. The Balaban J connectivity index is 1.84. The molecule has 0 aromatic carbocycles. The van der Waals surface area contributed by atoms with Crippen molar-refractivity contribution in [3.8, 4) is 0 Å². The van der Waals surface area contributed by atoms with Gasteiger partial charge >= 0.3 is 0 Å². The fourth-order valence-electron chi connectivity index (χ4n) is 2.05. The Morgan fingerprint density at radius 1 is 1.15 bits per heavy atom. The highest BCUT2D eigenvalue weighted by Crippen LogP contribution is 2.22. The molecule has 3 heterocycles. The van der Waals surface area contributed by atoms with Crippen molar-refractivity contribution < 1.29 is 4.42 Å². The van der Waals surface area contributed by atoms with Crippen molar-refractivity contribution in [1.82, 2.24) is 24.6 Å². The van der Waals surface area contributed by atoms with Crippen molar-refractivity contribution in [3.05, 3.63) is 34.8 Å². The van der Waals surface area contributed by atoms with Crippen LogP contribution in [0.4, 0.5) is 0 Å². The van der Waals surface area contributed by atoms with Crippen LogP contribution in [0.25, 0.3) is 5.78 Å². The second kappa shape index (κ2) is 4.90. The van der Waals surface area contributed by atoms with Crippen LogP contribution in [0.2, 0.25) is 0 Å². The number of thioether (sulfide) groups is 1. The third-order valence-corrected chi connectivity index (χ3v) is 3.79. The van der Waals surface area contributed by atoms with Crippen LogP contribution in [0.1, 0.15) is 28.7 Å². The lowest BCUT2D eigenvalue weighted by atomic mass is 10.4. The van der Waals surface area contributed by atoms with Gasteiger partial charge in [0.15, 0.2) is 5.89 Å². The van der Waals surface area contributed by atoms with E-state index in [9.17, 15) is 0 Å². The van der Waals surface area contributed by atoms with Crippen molar-refractivity contribution >= 4 is 17.5 Å². The first kappa shape index (κ1) is 13.1. The number of fused-ring (bicyclic) bond motifs is 1. The Bertz CT molecular complexity index is 777. The van der Waals surface area contributed by atoms with E-state index in [1.54, 1.807) is 4.52 Å². The molecular weight excluding hydrogens is 274 g/mol. The van der Waals surface area contributed by atoms with E-state index in [0.717, 1.165) is 22.8 Å². The fourth-order valence-corrected chi connectivity index (χ4v) is 2.87. The molecular formula is C13H15N5OS.